The molecule has 0 aliphatic carbocycles. The van der Waals surface area contributed by atoms with Gasteiger partial charge in [0, 0.05) is 5.38 Å². The van der Waals surface area contributed by atoms with Crippen LogP contribution in [0.25, 0.3) is 0 Å². The highest BCUT2D eigenvalue weighted by Gasteiger charge is 1.95. The molecule has 0 saturated heterocycles. The Balaban J connectivity index is 2.01. The summed E-state index contributed by atoms with van der Waals surface area (Å²) in [6.45, 7) is 7.63. The minimum Gasteiger partial charge on any atom is -0.250 e. The van der Waals surface area contributed by atoms with Gasteiger partial charge in [0.15, 0.2) is 0 Å². The Bertz CT molecular complexity index is 336. The Morgan fingerprint density at radius 1 is 1.38 bits per heavy atom. The Labute approximate surface area is 102 Å². The van der Waals surface area contributed by atoms with E-state index in [4.69, 9.17) is 0 Å². The average molecular weight is 233 g/mol. The molecule has 0 fully saturated rings. The highest BCUT2D eigenvalue weighted by atomic mass is 32.1. The summed E-state index contributed by atoms with van der Waals surface area (Å²) in [6.07, 6.45) is 11.6. The highest BCUT2D eigenvalue weighted by molar-refractivity contribution is 7.07. The molecule has 1 aromatic rings. The van der Waals surface area contributed by atoms with E-state index in [2.05, 4.69) is 23.5 Å². The molecular weight excluding hydrogens is 214 g/mol. The van der Waals surface area contributed by atoms with Gasteiger partial charge in [0.25, 0.3) is 0 Å². The molecule has 0 aliphatic rings. The van der Waals surface area contributed by atoms with Gasteiger partial charge >= 0.3 is 0 Å². The summed E-state index contributed by atoms with van der Waals surface area (Å²) in [7, 11) is 0. The van der Waals surface area contributed by atoms with Gasteiger partial charge < -0.3 is 0 Å². The molecule has 1 heterocycles. The molecular formula is C14H19NS. The number of allylic oxidation sites excluding steroid dienone is 4. The van der Waals surface area contributed by atoms with Crippen molar-refractivity contribution in [2.45, 2.75) is 32.1 Å². The van der Waals surface area contributed by atoms with Crippen molar-refractivity contribution in [2.75, 3.05) is 0 Å². The average Bonchev–Trinajstić information content (AvgIpc) is 2.79. The van der Waals surface area contributed by atoms with E-state index in [1.807, 2.05) is 17.7 Å². The number of hydrogen-bond donors (Lipinski definition) is 0. The number of hydrogen-bond acceptors (Lipinski definition) is 2. The molecule has 0 spiro atoms. The van der Waals surface area contributed by atoms with Crippen molar-refractivity contribution < 1.29 is 0 Å². The zero-order valence-corrected chi connectivity index (χ0v) is 10.5. The Hall–Kier alpha value is -1.15. The van der Waals surface area contributed by atoms with Crippen LogP contribution in [0, 0.1) is 0 Å². The second-order valence-electron chi connectivity index (χ2n) is 3.79. The summed E-state index contributed by atoms with van der Waals surface area (Å²) >= 11 is 1.67. The number of rotatable bonds is 8. The first-order chi connectivity index (χ1) is 7.83. The van der Waals surface area contributed by atoms with Crippen LogP contribution in [0.3, 0.4) is 0 Å². The molecule has 0 aromatic carbocycles. The predicted octanol–water partition coefficient (Wildman–Crippen LogP) is 4.54. The molecule has 0 N–H and O–H groups in total. The smallest absolute Gasteiger partial charge is 0.0794 e. The highest BCUT2D eigenvalue weighted by Crippen LogP contribution is 2.11. The lowest BCUT2D eigenvalue weighted by atomic mass is 10.1. The molecule has 0 amide bonds. The van der Waals surface area contributed by atoms with E-state index >= 15 is 0 Å². The molecule has 0 atom stereocenters. The van der Waals surface area contributed by atoms with Gasteiger partial charge in [-0.15, -0.1) is 11.3 Å². The Kier molecular flexibility index (Phi) is 6.50. The third-order valence-electron chi connectivity index (χ3n) is 2.38. The summed E-state index contributed by atoms with van der Waals surface area (Å²) in [5.41, 5.74) is 4.32. The fourth-order valence-corrected chi connectivity index (χ4v) is 2.08. The number of aromatic nitrogens is 1. The maximum absolute atomic E-state index is 4.27. The van der Waals surface area contributed by atoms with Crippen molar-refractivity contribution in [3.05, 3.63) is 53.5 Å². The minimum absolute atomic E-state index is 1.08. The van der Waals surface area contributed by atoms with E-state index in [1.165, 1.54) is 30.5 Å². The topological polar surface area (TPSA) is 12.9 Å². The van der Waals surface area contributed by atoms with Gasteiger partial charge in [0.05, 0.1) is 11.2 Å². The van der Waals surface area contributed by atoms with Crippen LogP contribution >= 0.6 is 11.3 Å². The molecule has 0 aliphatic heterocycles. The van der Waals surface area contributed by atoms with Crippen LogP contribution in [0.5, 0.6) is 0 Å². The SMILES string of the molecule is C=CC=CC(=C)CCCCCc1cscn1. The molecule has 0 saturated carbocycles. The molecule has 0 unspecified atom stereocenters. The quantitative estimate of drug-likeness (QED) is 0.474. The van der Waals surface area contributed by atoms with Crippen molar-refractivity contribution in [1.29, 1.82) is 0 Å². The maximum Gasteiger partial charge on any atom is 0.0794 e. The number of nitrogens with zero attached hydrogens (tertiary/aromatic N) is 1. The van der Waals surface area contributed by atoms with Gasteiger partial charge in [0.2, 0.25) is 0 Å². The van der Waals surface area contributed by atoms with E-state index in [1.54, 1.807) is 17.4 Å². The van der Waals surface area contributed by atoms with Crippen LogP contribution in [-0.2, 0) is 6.42 Å². The van der Waals surface area contributed by atoms with E-state index in [9.17, 15) is 0 Å². The summed E-state index contributed by atoms with van der Waals surface area (Å²) in [5.74, 6) is 0. The fourth-order valence-electron chi connectivity index (χ4n) is 1.48. The van der Waals surface area contributed by atoms with Gasteiger partial charge in [-0.25, -0.2) is 4.98 Å². The third-order valence-corrected chi connectivity index (χ3v) is 3.02. The Morgan fingerprint density at radius 3 is 2.94 bits per heavy atom. The van der Waals surface area contributed by atoms with Gasteiger partial charge in [-0.2, -0.15) is 0 Å². The fraction of sp³-hybridized carbons (Fsp3) is 0.357. The first kappa shape index (κ1) is 12.9. The van der Waals surface area contributed by atoms with E-state index in [0.717, 1.165) is 12.8 Å². The molecule has 1 aromatic heterocycles. The zero-order valence-electron chi connectivity index (χ0n) is 9.69. The monoisotopic (exact) mass is 233 g/mol. The lowest BCUT2D eigenvalue weighted by Gasteiger charge is -2.00. The molecule has 2 heteroatoms. The van der Waals surface area contributed by atoms with Crippen LogP contribution in [0.1, 0.15) is 31.4 Å². The van der Waals surface area contributed by atoms with Gasteiger partial charge in [0.1, 0.15) is 0 Å². The van der Waals surface area contributed by atoms with Crippen LogP contribution in [0.2, 0.25) is 0 Å². The third kappa shape index (κ3) is 5.66. The van der Waals surface area contributed by atoms with Crippen LogP contribution in [0.4, 0.5) is 0 Å². The summed E-state index contributed by atoms with van der Waals surface area (Å²) < 4.78 is 0. The van der Waals surface area contributed by atoms with Crippen molar-refractivity contribution >= 4 is 11.3 Å². The van der Waals surface area contributed by atoms with Gasteiger partial charge in [-0.3, -0.25) is 0 Å². The maximum atomic E-state index is 4.27. The number of thiazole rings is 1. The largest absolute Gasteiger partial charge is 0.250 e. The summed E-state index contributed by atoms with van der Waals surface area (Å²) in [5, 5.41) is 2.13. The summed E-state index contributed by atoms with van der Waals surface area (Å²) in [6, 6.07) is 0. The summed E-state index contributed by atoms with van der Waals surface area (Å²) in [4.78, 5) is 4.27. The first-order valence-corrected chi connectivity index (χ1v) is 6.61. The van der Waals surface area contributed by atoms with E-state index in [-0.39, 0.29) is 0 Å². The molecule has 16 heavy (non-hydrogen) atoms. The van der Waals surface area contributed by atoms with Crippen LogP contribution < -0.4 is 0 Å². The van der Waals surface area contributed by atoms with Crippen LogP contribution in [-0.4, -0.2) is 4.98 Å². The lowest BCUT2D eigenvalue weighted by molar-refractivity contribution is 0.675. The van der Waals surface area contributed by atoms with Crippen molar-refractivity contribution in [1.82, 2.24) is 4.98 Å². The van der Waals surface area contributed by atoms with Gasteiger partial charge in [-0.05, 0) is 25.7 Å². The van der Waals surface area contributed by atoms with E-state index in [0.29, 0.717) is 0 Å². The first-order valence-electron chi connectivity index (χ1n) is 5.67. The van der Waals surface area contributed by atoms with E-state index < -0.39 is 0 Å². The predicted molar refractivity (Wildman–Crippen MR) is 72.8 cm³/mol. The van der Waals surface area contributed by atoms with Gasteiger partial charge in [-0.1, -0.05) is 43.4 Å². The normalized spacial score (nSPS) is 10.8. The molecule has 86 valence electrons. The molecule has 1 rings (SSSR count). The lowest BCUT2D eigenvalue weighted by Crippen LogP contribution is -1.86. The zero-order chi connectivity index (χ0) is 11.6. The van der Waals surface area contributed by atoms with Crippen molar-refractivity contribution in [2.24, 2.45) is 0 Å². The second-order valence-corrected chi connectivity index (χ2v) is 4.51. The minimum atomic E-state index is 1.08. The number of unbranched alkanes of at least 4 members (excludes halogenated alkanes) is 2. The van der Waals surface area contributed by atoms with Crippen molar-refractivity contribution in [3.63, 3.8) is 0 Å². The standard InChI is InChI=1S/C14H19NS/c1-3-4-8-13(2)9-6-5-7-10-14-11-16-12-15-14/h3-4,8,11-12H,1-2,5-7,9-10H2. The molecule has 1 nitrogen and oxygen atoms in total. The number of aryl methyl sites for hydroxylation is 1. The molecule has 0 radical (unpaired) electrons. The van der Waals surface area contributed by atoms with Crippen molar-refractivity contribution in [3.8, 4) is 0 Å². The Morgan fingerprint density at radius 2 is 2.25 bits per heavy atom. The van der Waals surface area contributed by atoms with Crippen LogP contribution in [0.15, 0.2) is 47.8 Å². The second kappa shape index (κ2) is 8.05. The molecule has 0 bridgehead atoms.